The quantitative estimate of drug-likeness (QED) is 0.908. The van der Waals surface area contributed by atoms with Crippen LogP contribution in [-0.2, 0) is 11.8 Å². The zero-order valence-electron chi connectivity index (χ0n) is 13.5. The fourth-order valence-electron chi connectivity index (χ4n) is 2.48. The molecule has 1 fully saturated rings. The number of carbonyl (C=O) groups is 2. The Labute approximate surface area is 142 Å². The summed E-state index contributed by atoms with van der Waals surface area (Å²) in [5.41, 5.74) is 0.368. The van der Waals surface area contributed by atoms with E-state index in [0.717, 1.165) is 12.1 Å². The van der Waals surface area contributed by atoms with Crippen molar-refractivity contribution in [3.05, 3.63) is 47.3 Å². The molecule has 1 aromatic carbocycles. The molecule has 3 rings (SSSR count). The van der Waals surface area contributed by atoms with Gasteiger partial charge in [0, 0.05) is 38.0 Å². The van der Waals surface area contributed by atoms with Crippen molar-refractivity contribution in [3.8, 4) is 0 Å². The van der Waals surface area contributed by atoms with E-state index in [1.165, 1.54) is 23.9 Å². The van der Waals surface area contributed by atoms with E-state index in [2.05, 4.69) is 10.4 Å². The molecule has 1 aliphatic heterocycles. The van der Waals surface area contributed by atoms with Crippen LogP contribution in [0.2, 0.25) is 0 Å². The zero-order valence-corrected chi connectivity index (χ0v) is 13.5. The highest BCUT2D eigenvalue weighted by molar-refractivity contribution is 6.04. The van der Waals surface area contributed by atoms with Gasteiger partial charge in [0.15, 0.2) is 17.3 Å². The molecular weight excluding hydrogens is 334 g/mol. The van der Waals surface area contributed by atoms with E-state index in [4.69, 9.17) is 4.74 Å². The van der Waals surface area contributed by atoms with Gasteiger partial charge in [-0.1, -0.05) is 0 Å². The number of nitrogens with one attached hydrogen (secondary N) is 1. The van der Waals surface area contributed by atoms with Gasteiger partial charge < -0.3 is 15.0 Å². The maximum absolute atomic E-state index is 13.2. The fraction of sp³-hybridized carbons (Fsp3) is 0.312. The van der Waals surface area contributed by atoms with Crippen LogP contribution in [0.25, 0.3) is 0 Å². The van der Waals surface area contributed by atoms with Crippen molar-refractivity contribution in [1.82, 2.24) is 14.7 Å². The van der Waals surface area contributed by atoms with Crippen molar-refractivity contribution in [2.75, 3.05) is 31.6 Å². The molecule has 0 radical (unpaired) electrons. The van der Waals surface area contributed by atoms with Crippen LogP contribution < -0.4 is 5.32 Å². The Balaban J connectivity index is 1.75. The van der Waals surface area contributed by atoms with E-state index in [0.29, 0.717) is 26.3 Å². The lowest BCUT2D eigenvalue weighted by Crippen LogP contribution is -2.40. The third-order valence-electron chi connectivity index (χ3n) is 3.81. The van der Waals surface area contributed by atoms with E-state index >= 15 is 0 Å². The van der Waals surface area contributed by atoms with Crippen LogP contribution in [0.3, 0.4) is 0 Å². The summed E-state index contributed by atoms with van der Waals surface area (Å²) in [7, 11) is 1.52. The molecule has 1 N–H and O–H groups in total. The zero-order chi connectivity index (χ0) is 18.0. The van der Waals surface area contributed by atoms with Gasteiger partial charge in [-0.3, -0.25) is 14.3 Å². The predicted octanol–water partition coefficient (Wildman–Crippen LogP) is 1.42. The average molecular weight is 350 g/mol. The van der Waals surface area contributed by atoms with Crippen molar-refractivity contribution >= 4 is 17.5 Å². The number of benzene rings is 1. The minimum atomic E-state index is -1.06. The van der Waals surface area contributed by atoms with E-state index in [-0.39, 0.29) is 23.0 Å². The van der Waals surface area contributed by atoms with Crippen LogP contribution in [0.15, 0.2) is 24.3 Å². The van der Waals surface area contributed by atoms with E-state index < -0.39 is 17.5 Å². The number of morpholine rings is 1. The van der Waals surface area contributed by atoms with Gasteiger partial charge in [0.2, 0.25) is 0 Å². The molecule has 0 saturated carbocycles. The number of rotatable bonds is 3. The molecule has 0 unspecified atom stereocenters. The van der Waals surface area contributed by atoms with Crippen LogP contribution in [0.5, 0.6) is 0 Å². The number of carbonyl (C=O) groups excluding carboxylic acids is 2. The second-order valence-corrected chi connectivity index (χ2v) is 5.53. The molecule has 0 atom stereocenters. The molecule has 7 nitrogen and oxygen atoms in total. The largest absolute Gasteiger partial charge is 0.378 e. The van der Waals surface area contributed by atoms with Crippen LogP contribution in [0.4, 0.5) is 14.5 Å². The van der Waals surface area contributed by atoms with Gasteiger partial charge in [-0.2, -0.15) is 5.10 Å². The van der Waals surface area contributed by atoms with Gasteiger partial charge >= 0.3 is 0 Å². The Morgan fingerprint density at radius 3 is 2.56 bits per heavy atom. The normalized spacial score (nSPS) is 14.4. The molecule has 25 heavy (non-hydrogen) atoms. The fourth-order valence-corrected chi connectivity index (χ4v) is 2.48. The van der Waals surface area contributed by atoms with E-state index in [9.17, 15) is 18.4 Å². The summed E-state index contributed by atoms with van der Waals surface area (Å²) in [6, 6.07) is 4.41. The molecular formula is C16H16F2N4O3. The lowest BCUT2D eigenvalue weighted by molar-refractivity contribution is 0.0298. The summed E-state index contributed by atoms with van der Waals surface area (Å²) in [5, 5.41) is 6.52. The number of amides is 2. The second-order valence-electron chi connectivity index (χ2n) is 5.53. The Kier molecular flexibility index (Phi) is 4.75. The molecule has 0 bridgehead atoms. The topological polar surface area (TPSA) is 76.5 Å². The van der Waals surface area contributed by atoms with Gasteiger partial charge in [0.1, 0.15) is 5.69 Å². The van der Waals surface area contributed by atoms with Crippen molar-refractivity contribution in [2.24, 2.45) is 7.05 Å². The Hall–Kier alpha value is -2.81. The number of hydrogen-bond donors (Lipinski definition) is 1. The number of aromatic nitrogens is 2. The molecule has 1 saturated heterocycles. The van der Waals surface area contributed by atoms with Gasteiger partial charge in [-0.25, -0.2) is 8.78 Å². The molecule has 1 aromatic heterocycles. The van der Waals surface area contributed by atoms with Gasteiger partial charge in [0.25, 0.3) is 11.8 Å². The number of aryl methyl sites for hydroxylation is 1. The highest BCUT2D eigenvalue weighted by Gasteiger charge is 2.23. The van der Waals surface area contributed by atoms with Gasteiger partial charge in [0.05, 0.1) is 13.2 Å². The third kappa shape index (κ3) is 3.66. The third-order valence-corrected chi connectivity index (χ3v) is 3.81. The Morgan fingerprint density at radius 2 is 1.88 bits per heavy atom. The molecule has 0 spiro atoms. The standard InChI is InChI=1S/C16H16F2N4O3/c1-21-14(15(23)19-10-2-3-11(17)12(18)8-10)9-13(20-21)16(24)22-4-6-25-7-5-22/h2-3,8-9H,4-7H2,1H3,(H,19,23). The van der Waals surface area contributed by atoms with Crippen molar-refractivity contribution in [2.45, 2.75) is 0 Å². The lowest BCUT2D eigenvalue weighted by Gasteiger charge is -2.25. The van der Waals surface area contributed by atoms with Gasteiger partial charge in [-0.05, 0) is 12.1 Å². The average Bonchev–Trinajstić information content (AvgIpc) is 3.00. The summed E-state index contributed by atoms with van der Waals surface area (Å²) in [6.07, 6.45) is 0. The minimum absolute atomic E-state index is 0.103. The first-order valence-corrected chi connectivity index (χ1v) is 7.63. The molecule has 2 heterocycles. The summed E-state index contributed by atoms with van der Waals surface area (Å²) in [5.74, 6) is -2.93. The van der Waals surface area contributed by atoms with Crippen LogP contribution >= 0.6 is 0 Å². The number of nitrogens with zero attached hydrogens (tertiary/aromatic N) is 3. The van der Waals surface area contributed by atoms with Crippen molar-refractivity contribution in [1.29, 1.82) is 0 Å². The highest BCUT2D eigenvalue weighted by atomic mass is 19.2. The van der Waals surface area contributed by atoms with Crippen LogP contribution in [-0.4, -0.2) is 52.8 Å². The molecule has 1 aliphatic rings. The maximum atomic E-state index is 13.2. The van der Waals surface area contributed by atoms with Crippen LogP contribution in [0, 0.1) is 11.6 Å². The maximum Gasteiger partial charge on any atom is 0.274 e. The second kappa shape index (κ2) is 6.98. The number of hydrogen-bond acceptors (Lipinski definition) is 4. The Bertz CT molecular complexity index is 816. The summed E-state index contributed by atoms with van der Waals surface area (Å²) in [6.45, 7) is 1.85. The number of anilines is 1. The molecule has 9 heteroatoms. The monoisotopic (exact) mass is 350 g/mol. The Morgan fingerprint density at radius 1 is 1.16 bits per heavy atom. The summed E-state index contributed by atoms with van der Waals surface area (Å²) in [4.78, 5) is 26.3. The van der Waals surface area contributed by atoms with Gasteiger partial charge in [-0.15, -0.1) is 0 Å². The smallest absolute Gasteiger partial charge is 0.274 e. The first kappa shape index (κ1) is 17.0. The minimum Gasteiger partial charge on any atom is -0.378 e. The number of ether oxygens (including phenoxy) is 1. The lowest BCUT2D eigenvalue weighted by atomic mass is 10.2. The predicted molar refractivity (Wildman–Crippen MR) is 84.2 cm³/mol. The van der Waals surface area contributed by atoms with Crippen molar-refractivity contribution < 1.29 is 23.1 Å². The number of halogens is 2. The highest BCUT2D eigenvalue weighted by Crippen LogP contribution is 2.15. The van der Waals surface area contributed by atoms with Crippen molar-refractivity contribution in [3.63, 3.8) is 0 Å². The summed E-state index contributed by atoms with van der Waals surface area (Å²) >= 11 is 0. The molecule has 2 aromatic rings. The SMILES string of the molecule is Cn1nc(C(=O)N2CCOCC2)cc1C(=O)Nc1ccc(F)c(F)c1. The summed E-state index contributed by atoms with van der Waals surface area (Å²) < 4.78 is 32.6. The van der Waals surface area contributed by atoms with E-state index in [1.54, 1.807) is 4.90 Å². The van der Waals surface area contributed by atoms with Crippen LogP contribution in [0.1, 0.15) is 21.0 Å². The first-order valence-electron chi connectivity index (χ1n) is 7.63. The molecule has 2 amide bonds. The first-order chi connectivity index (χ1) is 12.0. The van der Waals surface area contributed by atoms with E-state index in [1.807, 2.05) is 0 Å². The molecule has 0 aliphatic carbocycles. The molecule has 132 valence electrons.